The zero-order chi connectivity index (χ0) is 24.6. The van der Waals surface area contributed by atoms with Crippen molar-refractivity contribution >= 4 is 27.5 Å². The summed E-state index contributed by atoms with van der Waals surface area (Å²) in [5.74, 6) is -0.352. The highest BCUT2D eigenvalue weighted by molar-refractivity contribution is 7.89. The van der Waals surface area contributed by atoms with Crippen LogP contribution in [0.15, 0.2) is 48.5 Å². The van der Waals surface area contributed by atoms with Crippen LogP contribution >= 0.6 is 0 Å². The summed E-state index contributed by atoms with van der Waals surface area (Å²) in [7, 11) is -3.14. The van der Waals surface area contributed by atoms with Gasteiger partial charge in [0.1, 0.15) is 0 Å². The Labute approximate surface area is 202 Å². The molecule has 0 bridgehead atoms. The fourth-order valence-corrected chi connectivity index (χ4v) is 4.91. The topological polar surface area (TPSA) is 98.8 Å². The molecule has 1 fully saturated rings. The molecule has 1 saturated heterocycles. The van der Waals surface area contributed by atoms with Gasteiger partial charge in [-0.2, -0.15) is 4.31 Å². The van der Waals surface area contributed by atoms with E-state index in [-0.39, 0.29) is 17.6 Å². The van der Waals surface area contributed by atoms with Gasteiger partial charge in [0, 0.05) is 44.8 Å². The Kier molecular flexibility index (Phi) is 9.20. The molecule has 184 valence electrons. The lowest BCUT2D eigenvalue weighted by atomic mass is 10.1. The summed E-state index contributed by atoms with van der Waals surface area (Å²) >= 11 is 0. The molecule has 2 aromatic rings. The first kappa shape index (κ1) is 25.9. The highest BCUT2D eigenvalue weighted by Crippen LogP contribution is 2.17. The number of anilines is 1. The van der Waals surface area contributed by atoms with Crippen LogP contribution in [0, 0.1) is 0 Å². The van der Waals surface area contributed by atoms with Crippen molar-refractivity contribution in [2.75, 3.05) is 43.8 Å². The average Bonchev–Trinajstić information content (AvgIpc) is 2.85. The second kappa shape index (κ2) is 12.1. The number of piperazine rings is 1. The van der Waals surface area contributed by atoms with Gasteiger partial charge >= 0.3 is 0 Å². The minimum atomic E-state index is -3.14. The van der Waals surface area contributed by atoms with E-state index in [2.05, 4.69) is 22.5 Å². The maximum atomic E-state index is 12.8. The van der Waals surface area contributed by atoms with Gasteiger partial charge in [0.05, 0.1) is 17.0 Å². The number of hydrogen-bond acceptors (Lipinski definition) is 5. The molecular formula is C25H34N4O4S. The van der Waals surface area contributed by atoms with Crippen molar-refractivity contribution in [2.45, 2.75) is 33.2 Å². The largest absolute Gasteiger partial charge is 0.352 e. The number of sulfonamides is 1. The number of para-hydroxylation sites is 1. The zero-order valence-electron chi connectivity index (χ0n) is 19.9. The van der Waals surface area contributed by atoms with Crippen molar-refractivity contribution in [3.63, 3.8) is 0 Å². The molecule has 0 unspecified atom stereocenters. The van der Waals surface area contributed by atoms with Gasteiger partial charge in [-0.05, 0) is 43.2 Å². The van der Waals surface area contributed by atoms with Gasteiger partial charge in [0.2, 0.25) is 10.0 Å². The summed E-state index contributed by atoms with van der Waals surface area (Å²) in [4.78, 5) is 27.5. The maximum absolute atomic E-state index is 12.8. The third-order valence-corrected chi connectivity index (χ3v) is 7.83. The second-order valence-electron chi connectivity index (χ2n) is 8.38. The Hall–Kier alpha value is -2.75. The van der Waals surface area contributed by atoms with Gasteiger partial charge in [-0.15, -0.1) is 0 Å². The van der Waals surface area contributed by atoms with Crippen LogP contribution in [-0.4, -0.2) is 67.9 Å². The number of nitrogens with one attached hydrogen (secondary N) is 2. The van der Waals surface area contributed by atoms with E-state index in [0.29, 0.717) is 56.1 Å². The first-order valence-corrected chi connectivity index (χ1v) is 13.4. The minimum Gasteiger partial charge on any atom is -0.352 e. The van der Waals surface area contributed by atoms with Crippen molar-refractivity contribution in [2.24, 2.45) is 0 Å². The molecule has 3 rings (SSSR count). The van der Waals surface area contributed by atoms with E-state index in [1.54, 1.807) is 47.6 Å². The van der Waals surface area contributed by atoms with E-state index in [1.807, 2.05) is 12.1 Å². The van der Waals surface area contributed by atoms with E-state index in [1.165, 1.54) is 0 Å². The third-order valence-electron chi connectivity index (χ3n) is 5.95. The lowest BCUT2D eigenvalue weighted by Gasteiger charge is -2.33. The van der Waals surface area contributed by atoms with Crippen LogP contribution in [0.5, 0.6) is 0 Å². The molecule has 1 aliphatic heterocycles. The summed E-state index contributed by atoms with van der Waals surface area (Å²) in [6, 6.07) is 14.3. The summed E-state index contributed by atoms with van der Waals surface area (Å²) in [5.41, 5.74) is 2.47. The molecule has 2 N–H and O–H groups in total. The predicted octanol–water partition coefficient (Wildman–Crippen LogP) is 2.94. The number of carbonyl (C=O) groups is 2. The Morgan fingerprint density at radius 2 is 1.59 bits per heavy atom. The van der Waals surface area contributed by atoms with E-state index in [9.17, 15) is 18.0 Å². The first-order chi connectivity index (χ1) is 16.3. The fourth-order valence-electron chi connectivity index (χ4n) is 3.83. The van der Waals surface area contributed by atoms with Crippen molar-refractivity contribution in [3.8, 4) is 0 Å². The molecule has 0 spiro atoms. The monoisotopic (exact) mass is 486 g/mol. The molecule has 0 atom stereocenters. The SMILES string of the molecule is CCCCNC(=O)c1ccccc1NC(=O)c1ccc(CN2CCN(S(=O)(=O)CC)CC2)cc1. The Bertz CT molecular complexity index is 1080. The highest BCUT2D eigenvalue weighted by Gasteiger charge is 2.25. The molecular weight excluding hydrogens is 452 g/mol. The maximum Gasteiger partial charge on any atom is 0.255 e. The van der Waals surface area contributed by atoms with Crippen LogP contribution in [0.4, 0.5) is 5.69 Å². The predicted molar refractivity (Wildman–Crippen MR) is 134 cm³/mol. The highest BCUT2D eigenvalue weighted by atomic mass is 32.2. The summed E-state index contributed by atoms with van der Waals surface area (Å²) < 4.78 is 25.6. The van der Waals surface area contributed by atoms with Gasteiger partial charge in [-0.25, -0.2) is 8.42 Å². The summed E-state index contributed by atoms with van der Waals surface area (Å²) in [6.45, 7) is 7.39. The van der Waals surface area contributed by atoms with Gasteiger partial charge in [0.15, 0.2) is 0 Å². The molecule has 0 aromatic heterocycles. The van der Waals surface area contributed by atoms with Crippen molar-refractivity contribution in [1.29, 1.82) is 0 Å². The number of benzene rings is 2. The smallest absolute Gasteiger partial charge is 0.255 e. The standard InChI is InChI=1S/C25H34N4O4S/c1-3-5-14-26-25(31)22-8-6-7-9-23(22)27-24(30)21-12-10-20(11-13-21)19-28-15-17-29(18-16-28)34(32,33)4-2/h6-13H,3-5,14-19H2,1-2H3,(H,26,31)(H,27,30). The molecule has 0 saturated carbocycles. The van der Waals surface area contributed by atoms with E-state index >= 15 is 0 Å². The molecule has 8 nitrogen and oxygen atoms in total. The quantitative estimate of drug-likeness (QED) is 0.503. The lowest BCUT2D eigenvalue weighted by molar-refractivity contribution is 0.0954. The van der Waals surface area contributed by atoms with Crippen LogP contribution in [-0.2, 0) is 16.6 Å². The summed E-state index contributed by atoms with van der Waals surface area (Å²) in [6.07, 6.45) is 1.89. The molecule has 2 aromatic carbocycles. The normalized spacial score (nSPS) is 15.1. The number of unbranched alkanes of at least 4 members (excludes halogenated alkanes) is 1. The number of amides is 2. The van der Waals surface area contributed by atoms with Crippen molar-refractivity contribution in [1.82, 2.24) is 14.5 Å². The molecule has 0 aliphatic carbocycles. The van der Waals surface area contributed by atoms with Gasteiger partial charge < -0.3 is 10.6 Å². The van der Waals surface area contributed by atoms with Gasteiger partial charge in [-0.1, -0.05) is 37.6 Å². The van der Waals surface area contributed by atoms with E-state index < -0.39 is 10.0 Å². The van der Waals surface area contributed by atoms with Crippen LogP contribution in [0.2, 0.25) is 0 Å². The molecule has 34 heavy (non-hydrogen) atoms. The van der Waals surface area contributed by atoms with Crippen LogP contribution in [0.3, 0.4) is 0 Å². The Morgan fingerprint density at radius 1 is 0.912 bits per heavy atom. The molecule has 2 amide bonds. The van der Waals surface area contributed by atoms with Crippen LogP contribution in [0.1, 0.15) is 53.0 Å². The molecule has 9 heteroatoms. The number of rotatable bonds is 10. The van der Waals surface area contributed by atoms with Gasteiger partial charge in [-0.3, -0.25) is 14.5 Å². The first-order valence-electron chi connectivity index (χ1n) is 11.8. The molecule has 1 heterocycles. The summed E-state index contributed by atoms with van der Waals surface area (Å²) in [5, 5.41) is 5.73. The third kappa shape index (κ3) is 6.88. The fraction of sp³-hybridized carbons (Fsp3) is 0.440. The second-order valence-corrected chi connectivity index (χ2v) is 10.6. The Morgan fingerprint density at radius 3 is 2.24 bits per heavy atom. The van der Waals surface area contributed by atoms with E-state index in [4.69, 9.17) is 0 Å². The zero-order valence-corrected chi connectivity index (χ0v) is 20.7. The van der Waals surface area contributed by atoms with Crippen LogP contribution in [0.25, 0.3) is 0 Å². The van der Waals surface area contributed by atoms with Gasteiger partial charge in [0.25, 0.3) is 11.8 Å². The van der Waals surface area contributed by atoms with Crippen molar-refractivity contribution in [3.05, 3.63) is 65.2 Å². The average molecular weight is 487 g/mol. The van der Waals surface area contributed by atoms with E-state index in [0.717, 1.165) is 18.4 Å². The number of hydrogen-bond donors (Lipinski definition) is 2. The lowest BCUT2D eigenvalue weighted by Crippen LogP contribution is -2.48. The number of nitrogens with zero attached hydrogens (tertiary/aromatic N) is 2. The molecule has 0 radical (unpaired) electrons. The number of carbonyl (C=O) groups excluding carboxylic acids is 2. The molecule has 1 aliphatic rings. The Balaban J connectivity index is 1.57. The van der Waals surface area contributed by atoms with Crippen LogP contribution < -0.4 is 10.6 Å². The minimum absolute atomic E-state index is 0.129. The van der Waals surface area contributed by atoms with Crippen molar-refractivity contribution < 1.29 is 18.0 Å².